The molecule has 1 amide bonds. The number of aryl methyl sites for hydroxylation is 2. The lowest BCUT2D eigenvalue weighted by Crippen LogP contribution is -2.51. The summed E-state index contributed by atoms with van der Waals surface area (Å²) < 4.78 is 28.1. The van der Waals surface area contributed by atoms with Crippen LogP contribution < -0.4 is 10.9 Å². The minimum atomic E-state index is -2.55. The molecule has 2 aromatic heterocycles. The van der Waals surface area contributed by atoms with E-state index in [0.29, 0.717) is 53.4 Å². The summed E-state index contributed by atoms with van der Waals surface area (Å²) in [4.78, 5) is 35.7. The number of rotatable bonds is 9. The zero-order valence-electron chi connectivity index (χ0n) is 26.0. The number of carbonyl (C=O) groups excluding carboxylic acids is 1. The molecule has 1 aliphatic heterocycles. The van der Waals surface area contributed by atoms with Crippen molar-refractivity contribution in [1.29, 1.82) is 0 Å². The van der Waals surface area contributed by atoms with E-state index >= 15 is 0 Å². The Balaban J connectivity index is 1.76. The molecule has 44 heavy (non-hydrogen) atoms. The van der Waals surface area contributed by atoms with Gasteiger partial charge in [0.25, 0.3) is 17.9 Å². The van der Waals surface area contributed by atoms with Gasteiger partial charge in [0.15, 0.2) is 0 Å². The van der Waals surface area contributed by atoms with Crippen LogP contribution in [0.3, 0.4) is 0 Å². The SMILES string of the molecule is CCc1cccc(CC)c1-n1c(CC(C)C)c(C(=O)N2CCN[C@H](C)C2)cc(-c2nc(-c3ccc(C(F)F)cc3)cs2)c1=O. The third kappa shape index (κ3) is 6.40. The highest BCUT2D eigenvalue weighted by molar-refractivity contribution is 7.13. The Kier molecular flexibility index (Phi) is 9.75. The molecule has 0 aliphatic carbocycles. The Hall–Kier alpha value is -3.69. The molecule has 1 atom stereocenters. The molecule has 0 radical (unpaired) electrons. The summed E-state index contributed by atoms with van der Waals surface area (Å²) in [6.07, 6.45) is -0.532. The van der Waals surface area contributed by atoms with Crippen LogP contribution >= 0.6 is 11.3 Å². The quantitative estimate of drug-likeness (QED) is 0.213. The van der Waals surface area contributed by atoms with Crippen molar-refractivity contribution < 1.29 is 13.6 Å². The van der Waals surface area contributed by atoms with Gasteiger partial charge in [-0.1, -0.05) is 70.2 Å². The van der Waals surface area contributed by atoms with Gasteiger partial charge in [-0.05, 0) is 49.3 Å². The monoisotopic (exact) mass is 618 g/mol. The van der Waals surface area contributed by atoms with E-state index in [2.05, 4.69) is 52.1 Å². The lowest BCUT2D eigenvalue weighted by molar-refractivity contribution is 0.0707. The molecule has 4 aromatic rings. The van der Waals surface area contributed by atoms with Gasteiger partial charge in [0.05, 0.1) is 22.5 Å². The van der Waals surface area contributed by atoms with E-state index in [9.17, 15) is 18.4 Å². The first kappa shape index (κ1) is 31.7. The number of pyridine rings is 1. The molecule has 2 aromatic carbocycles. The minimum Gasteiger partial charge on any atom is -0.336 e. The van der Waals surface area contributed by atoms with Crippen molar-refractivity contribution in [2.45, 2.75) is 66.3 Å². The number of thiazole rings is 1. The van der Waals surface area contributed by atoms with Crippen molar-refractivity contribution in [3.63, 3.8) is 0 Å². The third-order valence-electron chi connectivity index (χ3n) is 8.17. The Labute approximate surface area is 261 Å². The molecular formula is C35H40F2N4O2S. The van der Waals surface area contributed by atoms with Gasteiger partial charge in [-0.2, -0.15) is 0 Å². The number of hydrogen-bond acceptors (Lipinski definition) is 5. The molecule has 1 fully saturated rings. The number of aromatic nitrogens is 2. The Morgan fingerprint density at radius 1 is 1.09 bits per heavy atom. The van der Waals surface area contributed by atoms with Crippen molar-refractivity contribution >= 4 is 17.2 Å². The van der Waals surface area contributed by atoms with Crippen molar-refractivity contribution in [2.24, 2.45) is 5.92 Å². The second-order valence-electron chi connectivity index (χ2n) is 11.9. The summed E-state index contributed by atoms with van der Waals surface area (Å²) in [5, 5.41) is 5.72. The van der Waals surface area contributed by atoms with Crippen LogP contribution in [-0.2, 0) is 19.3 Å². The van der Waals surface area contributed by atoms with Crippen molar-refractivity contribution in [1.82, 2.24) is 19.8 Å². The number of para-hydroxylation sites is 1. The van der Waals surface area contributed by atoms with Crippen molar-refractivity contribution in [3.05, 3.63) is 92.2 Å². The Morgan fingerprint density at radius 3 is 2.36 bits per heavy atom. The first-order valence-electron chi connectivity index (χ1n) is 15.4. The van der Waals surface area contributed by atoms with Gasteiger partial charge in [-0.25, -0.2) is 13.8 Å². The summed E-state index contributed by atoms with van der Waals surface area (Å²) in [5.41, 5.74) is 5.55. The molecule has 0 bridgehead atoms. The predicted molar refractivity (Wildman–Crippen MR) is 174 cm³/mol. The van der Waals surface area contributed by atoms with Crippen LogP contribution in [0.15, 0.2) is 58.7 Å². The minimum absolute atomic E-state index is 0.0560. The van der Waals surface area contributed by atoms with Gasteiger partial charge >= 0.3 is 0 Å². The zero-order chi connectivity index (χ0) is 31.5. The van der Waals surface area contributed by atoms with Gasteiger partial charge in [0.1, 0.15) is 5.01 Å². The summed E-state index contributed by atoms with van der Waals surface area (Å²) in [5.74, 6) is 0.108. The second kappa shape index (κ2) is 13.5. The highest BCUT2D eigenvalue weighted by Gasteiger charge is 2.29. The molecular weight excluding hydrogens is 578 g/mol. The van der Waals surface area contributed by atoms with Gasteiger partial charge < -0.3 is 10.2 Å². The molecule has 1 N–H and O–H groups in total. The summed E-state index contributed by atoms with van der Waals surface area (Å²) in [6, 6.07) is 14.1. The normalized spacial score (nSPS) is 15.4. The average Bonchev–Trinajstić information content (AvgIpc) is 3.50. The van der Waals surface area contributed by atoms with Gasteiger partial charge in [0, 0.05) is 47.9 Å². The maximum atomic E-state index is 14.7. The third-order valence-corrected chi connectivity index (χ3v) is 9.05. The summed E-state index contributed by atoms with van der Waals surface area (Å²) in [7, 11) is 0. The number of halogens is 2. The number of nitrogens with zero attached hydrogens (tertiary/aromatic N) is 3. The van der Waals surface area contributed by atoms with E-state index in [-0.39, 0.29) is 29.0 Å². The number of hydrogen-bond donors (Lipinski definition) is 1. The molecule has 0 spiro atoms. The highest BCUT2D eigenvalue weighted by atomic mass is 32.1. The summed E-state index contributed by atoms with van der Waals surface area (Å²) in [6.45, 7) is 12.3. The zero-order valence-corrected chi connectivity index (χ0v) is 26.8. The molecule has 232 valence electrons. The van der Waals surface area contributed by atoms with E-state index in [0.717, 1.165) is 35.3 Å². The number of amides is 1. The van der Waals surface area contributed by atoms with Crippen molar-refractivity contribution in [2.75, 3.05) is 19.6 Å². The molecule has 1 saturated heterocycles. The van der Waals surface area contributed by atoms with E-state index in [1.807, 2.05) is 16.3 Å². The highest BCUT2D eigenvalue weighted by Crippen LogP contribution is 2.32. The molecule has 0 saturated carbocycles. The first-order valence-corrected chi connectivity index (χ1v) is 16.3. The number of carbonyl (C=O) groups is 1. The van der Waals surface area contributed by atoms with Crippen LogP contribution in [-0.4, -0.2) is 46.0 Å². The number of alkyl halides is 2. The first-order chi connectivity index (χ1) is 21.1. The van der Waals surface area contributed by atoms with E-state index in [1.54, 1.807) is 22.8 Å². The van der Waals surface area contributed by atoms with Crippen LogP contribution in [0.4, 0.5) is 8.78 Å². The molecule has 9 heteroatoms. The average molecular weight is 619 g/mol. The van der Waals surface area contributed by atoms with E-state index in [1.165, 1.54) is 23.5 Å². The van der Waals surface area contributed by atoms with Crippen LogP contribution in [0.5, 0.6) is 0 Å². The van der Waals surface area contributed by atoms with Gasteiger partial charge in [0.2, 0.25) is 0 Å². The predicted octanol–water partition coefficient (Wildman–Crippen LogP) is 7.32. The maximum Gasteiger partial charge on any atom is 0.265 e. The lowest BCUT2D eigenvalue weighted by atomic mass is 9.96. The number of benzene rings is 2. The fourth-order valence-corrected chi connectivity index (χ4v) is 6.77. The largest absolute Gasteiger partial charge is 0.336 e. The summed E-state index contributed by atoms with van der Waals surface area (Å²) >= 11 is 1.31. The molecule has 5 rings (SSSR count). The standard InChI is InChI=1S/C35H40F2N4O2S/c1-6-23-9-8-10-24(7-2)31(23)41-30(17-21(3)4)27(34(42)40-16-15-38-22(5)19-40)18-28(35(41)43)33-39-29(20-44-33)25-11-13-26(14-12-25)32(36)37/h8-14,18,20-22,32,38H,6-7,15-17,19H2,1-5H3/t22-/m1/s1. The van der Waals surface area contributed by atoms with Crippen LogP contribution in [0.25, 0.3) is 27.5 Å². The van der Waals surface area contributed by atoms with Crippen LogP contribution in [0.1, 0.15) is 73.8 Å². The molecule has 6 nitrogen and oxygen atoms in total. The fourth-order valence-electron chi connectivity index (χ4n) is 5.93. The number of piperazine rings is 1. The van der Waals surface area contributed by atoms with Crippen LogP contribution in [0.2, 0.25) is 0 Å². The Bertz CT molecular complexity index is 1670. The van der Waals surface area contributed by atoms with E-state index in [4.69, 9.17) is 4.98 Å². The van der Waals surface area contributed by atoms with Crippen molar-refractivity contribution in [3.8, 4) is 27.5 Å². The molecule has 1 aliphatic rings. The smallest absolute Gasteiger partial charge is 0.265 e. The van der Waals surface area contributed by atoms with Crippen LogP contribution in [0, 0.1) is 5.92 Å². The maximum absolute atomic E-state index is 14.7. The number of nitrogens with one attached hydrogen (secondary N) is 1. The van der Waals surface area contributed by atoms with Gasteiger partial charge in [-0.15, -0.1) is 11.3 Å². The fraction of sp³-hybridized carbons (Fsp3) is 0.400. The van der Waals surface area contributed by atoms with Gasteiger partial charge in [-0.3, -0.25) is 14.2 Å². The Morgan fingerprint density at radius 2 is 1.77 bits per heavy atom. The molecule has 3 heterocycles. The second-order valence-corrected chi connectivity index (χ2v) is 12.7. The topological polar surface area (TPSA) is 67.2 Å². The molecule has 0 unspecified atom stereocenters. The lowest BCUT2D eigenvalue weighted by Gasteiger charge is -2.33. The van der Waals surface area contributed by atoms with E-state index < -0.39 is 6.43 Å².